The molecule has 0 N–H and O–H groups in total. The number of aromatic nitrogens is 1. The molecule has 2 atom stereocenters. The van der Waals surface area contributed by atoms with Gasteiger partial charge >= 0.3 is 0 Å². The number of hydrogen-bond donors (Lipinski definition) is 0. The van der Waals surface area contributed by atoms with Crippen LogP contribution >= 0.6 is 0 Å². The van der Waals surface area contributed by atoms with Crippen molar-refractivity contribution in [2.24, 2.45) is 5.92 Å². The van der Waals surface area contributed by atoms with Gasteiger partial charge < -0.3 is 14.4 Å². The Bertz CT molecular complexity index is 546. The predicted molar refractivity (Wildman–Crippen MR) is 80.5 cm³/mol. The van der Waals surface area contributed by atoms with Crippen LogP contribution in [0.5, 0.6) is 0 Å². The van der Waals surface area contributed by atoms with Gasteiger partial charge in [0.15, 0.2) is 0 Å². The van der Waals surface area contributed by atoms with Gasteiger partial charge in [-0.2, -0.15) is 0 Å². The van der Waals surface area contributed by atoms with E-state index in [1.165, 1.54) is 12.8 Å². The van der Waals surface area contributed by atoms with E-state index in [2.05, 4.69) is 4.98 Å². The lowest BCUT2D eigenvalue weighted by molar-refractivity contribution is 0.00157. The van der Waals surface area contributed by atoms with Gasteiger partial charge in [0, 0.05) is 37.5 Å². The fourth-order valence-electron chi connectivity index (χ4n) is 3.45. The molecule has 1 aromatic heterocycles. The first kappa shape index (κ1) is 14.2. The van der Waals surface area contributed by atoms with E-state index in [0.29, 0.717) is 18.7 Å². The largest absolute Gasteiger partial charge is 0.375 e. The molecule has 4 rings (SSSR count). The van der Waals surface area contributed by atoms with Crippen LogP contribution in [0.3, 0.4) is 0 Å². The van der Waals surface area contributed by atoms with Crippen molar-refractivity contribution < 1.29 is 14.3 Å². The Kier molecular flexibility index (Phi) is 3.62. The van der Waals surface area contributed by atoms with Crippen molar-refractivity contribution in [3.05, 3.63) is 30.1 Å². The van der Waals surface area contributed by atoms with Gasteiger partial charge in [-0.1, -0.05) is 0 Å². The van der Waals surface area contributed by atoms with Gasteiger partial charge in [-0.25, -0.2) is 0 Å². The Balaban J connectivity index is 1.34. The molecule has 3 aliphatic rings. The molecule has 118 valence electrons. The first-order valence-corrected chi connectivity index (χ1v) is 8.19. The van der Waals surface area contributed by atoms with E-state index in [1.54, 1.807) is 24.5 Å². The normalized spacial score (nSPS) is 31.1. The van der Waals surface area contributed by atoms with Gasteiger partial charge in [0.25, 0.3) is 5.91 Å². The van der Waals surface area contributed by atoms with Crippen molar-refractivity contribution >= 4 is 5.91 Å². The van der Waals surface area contributed by atoms with Crippen LogP contribution in [0.4, 0.5) is 0 Å². The van der Waals surface area contributed by atoms with Gasteiger partial charge in [-0.3, -0.25) is 9.78 Å². The number of ether oxygens (including phenoxy) is 2. The second-order valence-electron chi connectivity index (χ2n) is 6.81. The molecule has 1 amide bonds. The topological polar surface area (TPSA) is 51.7 Å². The van der Waals surface area contributed by atoms with Crippen LogP contribution in [-0.2, 0) is 9.47 Å². The smallest absolute Gasteiger partial charge is 0.254 e. The van der Waals surface area contributed by atoms with E-state index < -0.39 is 0 Å². The SMILES string of the molecule is O=C(c1ccncc1)N1CC[C@@]2(C[C@H](OCC3CC3)CO2)C1. The monoisotopic (exact) mass is 302 g/mol. The maximum absolute atomic E-state index is 12.5. The second kappa shape index (κ2) is 5.63. The van der Waals surface area contributed by atoms with E-state index in [0.717, 1.165) is 31.9 Å². The Labute approximate surface area is 130 Å². The molecule has 2 saturated heterocycles. The lowest BCUT2D eigenvalue weighted by Crippen LogP contribution is -2.36. The van der Waals surface area contributed by atoms with E-state index >= 15 is 0 Å². The number of nitrogens with zero attached hydrogens (tertiary/aromatic N) is 2. The number of pyridine rings is 1. The lowest BCUT2D eigenvalue weighted by atomic mass is 9.98. The van der Waals surface area contributed by atoms with Crippen LogP contribution in [-0.4, -0.2) is 53.8 Å². The molecule has 1 saturated carbocycles. The number of carbonyl (C=O) groups excluding carboxylic acids is 1. The minimum absolute atomic E-state index is 0.0743. The summed E-state index contributed by atoms with van der Waals surface area (Å²) in [5.41, 5.74) is 0.517. The van der Waals surface area contributed by atoms with Crippen LogP contribution in [0.15, 0.2) is 24.5 Å². The minimum atomic E-state index is -0.184. The molecule has 0 aromatic carbocycles. The van der Waals surface area contributed by atoms with Gasteiger partial charge in [-0.15, -0.1) is 0 Å². The highest BCUT2D eigenvalue weighted by molar-refractivity contribution is 5.94. The molecular formula is C17H22N2O3. The quantitative estimate of drug-likeness (QED) is 0.852. The van der Waals surface area contributed by atoms with Crippen LogP contribution in [0.2, 0.25) is 0 Å². The summed E-state index contributed by atoms with van der Waals surface area (Å²) in [5, 5.41) is 0. The Morgan fingerprint density at radius 3 is 3.00 bits per heavy atom. The highest BCUT2D eigenvalue weighted by Crippen LogP contribution is 2.38. The maximum Gasteiger partial charge on any atom is 0.254 e. The molecule has 3 heterocycles. The van der Waals surface area contributed by atoms with E-state index in [4.69, 9.17) is 9.47 Å². The van der Waals surface area contributed by atoms with Gasteiger partial charge in [0.2, 0.25) is 0 Å². The minimum Gasteiger partial charge on any atom is -0.375 e. The molecule has 5 heteroatoms. The average Bonchev–Trinajstić information content (AvgIpc) is 3.18. The lowest BCUT2D eigenvalue weighted by Gasteiger charge is -2.23. The fourth-order valence-corrected chi connectivity index (χ4v) is 3.45. The van der Waals surface area contributed by atoms with E-state index in [-0.39, 0.29) is 17.6 Å². The van der Waals surface area contributed by atoms with Crippen molar-refractivity contribution in [3.8, 4) is 0 Å². The summed E-state index contributed by atoms with van der Waals surface area (Å²) in [4.78, 5) is 18.4. The molecule has 5 nitrogen and oxygen atoms in total. The average molecular weight is 302 g/mol. The molecule has 3 fully saturated rings. The van der Waals surface area contributed by atoms with Crippen LogP contribution in [0, 0.1) is 5.92 Å². The molecule has 2 aliphatic heterocycles. The number of amides is 1. The van der Waals surface area contributed by atoms with Crippen molar-refractivity contribution in [1.29, 1.82) is 0 Å². The molecule has 1 aromatic rings. The third-order valence-electron chi connectivity index (χ3n) is 4.97. The first-order valence-electron chi connectivity index (χ1n) is 8.19. The number of carbonyl (C=O) groups is 1. The third kappa shape index (κ3) is 2.88. The van der Waals surface area contributed by atoms with Crippen molar-refractivity contribution in [1.82, 2.24) is 9.88 Å². The predicted octanol–water partition coefficient (Wildman–Crippen LogP) is 1.88. The summed E-state index contributed by atoms with van der Waals surface area (Å²) in [6.45, 7) is 2.99. The van der Waals surface area contributed by atoms with Crippen molar-refractivity contribution in [2.45, 2.75) is 37.4 Å². The third-order valence-corrected chi connectivity index (χ3v) is 4.97. The van der Waals surface area contributed by atoms with E-state index in [1.807, 2.05) is 4.90 Å². The standard InChI is InChI=1S/C17H22N2O3/c20-16(14-3-6-18-7-4-14)19-8-5-17(12-19)9-15(11-22-17)21-10-13-1-2-13/h3-4,6-7,13,15H,1-2,5,8-12H2/t15-,17+/m0/s1. The van der Waals surface area contributed by atoms with E-state index in [9.17, 15) is 4.79 Å². The van der Waals surface area contributed by atoms with Crippen molar-refractivity contribution in [3.63, 3.8) is 0 Å². The first-order chi connectivity index (χ1) is 10.7. The summed E-state index contributed by atoms with van der Waals surface area (Å²) in [7, 11) is 0. The molecule has 1 spiro atoms. The Morgan fingerprint density at radius 1 is 1.41 bits per heavy atom. The second-order valence-corrected chi connectivity index (χ2v) is 6.81. The number of rotatable bonds is 4. The molecular weight excluding hydrogens is 280 g/mol. The molecule has 1 aliphatic carbocycles. The van der Waals surface area contributed by atoms with Crippen LogP contribution in [0.1, 0.15) is 36.0 Å². The highest BCUT2D eigenvalue weighted by atomic mass is 16.6. The zero-order valence-electron chi connectivity index (χ0n) is 12.7. The number of hydrogen-bond acceptors (Lipinski definition) is 4. The summed E-state index contributed by atoms with van der Waals surface area (Å²) in [6.07, 6.45) is 7.98. The molecule has 0 radical (unpaired) electrons. The van der Waals surface area contributed by atoms with Crippen LogP contribution in [0.25, 0.3) is 0 Å². The zero-order chi connectivity index (χ0) is 15.0. The Morgan fingerprint density at radius 2 is 2.23 bits per heavy atom. The summed E-state index contributed by atoms with van der Waals surface area (Å²) in [6, 6.07) is 3.54. The van der Waals surface area contributed by atoms with Crippen molar-refractivity contribution in [2.75, 3.05) is 26.3 Å². The van der Waals surface area contributed by atoms with Gasteiger partial charge in [-0.05, 0) is 37.3 Å². The highest BCUT2D eigenvalue weighted by Gasteiger charge is 2.47. The summed E-state index contributed by atoms with van der Waals surface area (Å²) >= 11 is 0. The van der Waals surface area contributed by atoms with Gasteiger partial charge in [0.05, 0.1) is 24.9 Å². The maximum atomic E-state index is 12.5. The summed E-state index contributed by atoms with van der Waals surface area (Å²) < 4.78 is 12.0. The number of likely N-dealkylation sites (tertiary alicyclic amines) is 1. The van der Waals surface area contributed by atoms with Gasteiger partial charge in [0.1, 0.15) is 0 Å². The zero-order valence-corrected chi connectivity index (χ0v) is 12.7. The van der Waals surface area contributed by atoms with Crippen LogP contribution < -0.4 is 0 Å². The molecule has 0 unspecified atom stereocenters. The molecule has 22 heavy (non-hydrogen) atoms. The Hall–Kier alpha value is -1.46. The fraction of sp³-hybridized carbons (Fsp3) is 0.647. The summed E-state index contributed by atoms with van der Waals surface area (Å²) in [5.74, 6) is 0.857. The molecule has 0 bridgehead atoms.